The van der Waals surface area contributed by atoms with E-state index in [1.807, 2.05) is 6.07 Å². The van der Waals surface area contributed by atoms with Crippen LogP contribution in [0, 0.1) is 5.41 Å². The Hall–Kier alpha value is -1.44. The van der Waals surface area contributed by atoms with Gasteiger partial charge >= 0.3 is 5.97 Å². The molecule has 26 heavy (non-hydrogen) atoms. The highest BCUT2D eigenvalue weighted by molar-refractivity contribution is 7.86. The highest BCUT2D eigenvalue weighted by Gasteiger charge is 2.37. The molecule has 2 aliphatic rings. The number of hydrogen-bond acceptors (Lipinski definition) is 3. The molecule has 144 valence electrons. The monoisotopic (exact) mass is 380 g/mol. The molecule has 0 unspecified atom stereocenters. The van der Waals surface area contributed by atoms with Crippen molar-refractivity contribution in [2.24, 2.45) is 5.41 Å². The Morgan fingerprint density at radius 1 is 1.15 bits per heavy atom. The van der Waals surface area contributed by atoms with Gasteiger partial charge in [0.25, 0.3) is 10.2 Å². The summed E-state index contributed by atoms with van der Waals surface area (Å²) in [5, 5.41) is 9.19. The van der Waals surface area contributed by atoms with Crippen LogP contribution < -0.4 is 0 Å². The number of hydrogen-bond donors (Lipinski definition) is 1. The zero-order valence-electron chi connectivity index (χ0n) is 15.5. The van der Waals surface area contributed by atoms with Crippen LogP contribution in [0.5, 0.6) is 0 Å². The second-order valence-corrected chi connectivity index (χ2v) is 10.1. The van der Waals surface area contributed by atoms with Crippen LogP contribution >= 0.6 is 0 Å². The van der Waals surface area contributed by atoms with Crippen molar-refractivity contribution < 1.29 is 18.3 Å². The van der Waals surface area contributed by atoms with E-state index in [-0.39, 0.29) is 16.9 Å². The van der Waals surface area contributed by atoms with E-state index in [1.54, 1.807) is 26.8 Å². The van der Waals surface area contributed by atoms with Crippen molar-refractivity contribution in [1.29, 1.82) is 0 Å². The van der Waals surface area contributed by atoms with Gasteiger partial charge in [0.15, 0.2) is 0 Å². The molecule has 0 spiro atoms. The average molecular weight is 381 g/mol. The molecule has 3 rings (SSSR count). The van der Waals surface area contributed by atoms with Gasteiger partial charge in [-0.15, -0.1) is 0 Å². The lowest BCUT2D eigenvalue weighted by Gasteiger charge is -2.40. The molecule has 1 N–H and O–H groups in total. The van der Waals surface area contributed by atoms with Gasteiger partial charge in [-0.3, -0.25) is 0 Å². The third kappa shape index (κ3) is 4.10. The molecule has 2 heterocycles. The Kier molecular flexibility index (Phi) is 5.42. The smallest absolute Gasteiger partial charge is 0.335 e. The third-order valence-corrected chi connectivity index (χ3v) is 7.72. The van der Waals surface area contributed by atoms with Gasteiger partial charge in [-0.25, -0.2) is 4.79 Å². The zero-order chi connectivity index (χ0) is 18.9. The number of carboxylic acids is 1. The second-order valence-electron chi connectivity index (χ2n) is 8.20. The summed E-state index contributed by atoms with van der Waals surface area (Å²) in [5.74, 6) is -0.915. The molecule has 0 amide bonds. The second kappa shape index (κ2) is 7.29. The minimum absolute atomic E-state index is 0.0408. The summed E-state index contributed by atoms with van der Waals surface area (Å²) in [6, 6.07) is 6.88. The van der Waals surface area contributed by atoms with Crippen molar-refractivity contribution in [2.75, 3.05) is 26.2 Å². The maximum absolute atomic E-state index is 13.1. The molecule has 6 nitrogen and oxygen atoms in total. The Morgan fingerprint density at radius 3 is 2.50 bits per heavy atom. The summed E-state index contributed by atoms with van der Waals surface area (Å²) in [6.45, 7) is 6.48. The Morgan fingerprint density at radius 2 is 1.85 bits per heavy atom. The number of carboxylic acid groups (broad SMARTS) is 1. The van der Waals surface area contributed by atoms with E-state index in [2.05, 4.69) is 13.8 Å². The minimum atomic E-state index is -3.45. The van der Waals surface area contributed by atoms with E-state index in [1.165, 1.54) is 0 Å². The summed E-state index contributed by atoms with van der Waals surface area (Å²) in [5.41, 5.74) is 1.36. The van der Waals surface area contributed by atoms with Gasteiger partial charge in [-0.2, -0.15) is 17.0 Å². The van der Waals surface area contributed by atoms with Crippen LogP contribution in [0.25, 0.3) is 0 Å². The first-order valence-electron chi connectivity index (χ1n) is 9.27. The van der Waals surface area contributed by atoms with Crippen molar-refractivity contribution in [1.82, 2.24) is 8.61 Å². The van der Waals surface area contributed by atoms with Crippen molar-refractivity contribution in [2.45, 2.75) is 45.4 Å². The predicted octanol–water partition coefficient (Wildman–Crippen LogP) is 2.93. The number of aromatic carboxylic acids is 1. The fraction of sp³-hybridized carbons (Fsp3) is 0.632. The first kappa shape index (κ1) is 19.3. The van der Waals surface area contributed by atoms with Crippen LogP contribution in [0.15, 0.2) is 24.3 Å². The quantitative estimate of drug-likeness (QED) is 0.871. The first-order chi connectivity index (χ1) is 12.2. The van der Waals surface area contributed by atoms with Crippen LogP contribution in [0.2, 0.25) is 0 Å². The third-order valence-electron chi connectivity index (χ3n) is 5.72. The highest BCUT2D eigenvalue weighted by atomic mass is 32.2. The molecular weight excluding hydrogens is 352 g/mol. The van der Waals surface area contributed by atoms with Crippen LogP contribution in [0.4, 0.5) is 0 Å². The van der Waals surface area contributed by atoms with Crippen molar-refractivity contribution in [3.05, 3.63) is 35.4 Å². The molecule has 0 aliphatic carbocycles. The Labute approximate surface area is 156 Å². The van der Waals surface area contributed by atoms with E-state index in [0.29, 0.717) is 26.2 Å². The summed E-state index contributed by atoms with van der Waals surface area (Å²) >= 11 is 0. The van der Waals surface area contributed by atoms with Gasteiger partial charge in [0.05, 0.1) is 5.56 Å². The molecular formula is C19H28N2O4S. The van der Waals surface area contributed by atoms with Gasteiger partial charge < -0.3 is 5.11 Å². The SMILES string of the molecule is CC1(C)CCN(S(=O)(=O)N2CCC[C@@H](c3cccc(C(=O)O)c3)C2)CC1. The highest BCUT2D eigenvalue weighted by Crippen LogP contribution is 2.34. The molecule has 1 aromatic carbocycles. The summed E-state index contributed by atoms with van der Waals surface area (Å²) in [7, 11) is -3.45. The maximum Gasteiger partial charge on any atom is 0.335 e. The molecule has 2 aliphatic heterocycles. The van der Waals surface area contributed by atoms with Gasteiger partial charge in [-0.05, 0) is 54.7 Å². The maximum atomic E-state index is 13.1. The topological polar surface area (TPSA) is 77.9 Å². The van der Waals surface area contributed by atoms with Crippen LogP contribution in [-0.2, 0) is 10.2 Å². The molecule has 0 bridgehead atoms. The zero-order valence-corrected chi connectivity index (χ0v) is 16.3. The molecule has 1 atom stereocenters. The van der Waals surface area contributed by atoms with Crippen molar-refractivity contribution >= 4 is 16.2 Å². The van der Waals surface area contributed by atoms with Gasteiger partial charge in [0.2, 0.25) is 0 Å². The minimum Gasteiger partial charge on any atom is -0.478 e. The number of benzene rings is 1. The van der Waals surface area contributed by atoms with E-state index < -0.39 is 16.2 Å². The summed E-state index contributed by atoms with van der Waals surface area (Å²) in [4.78, 5) is 11.2. The number of carbonyl (C=O) groups is 1. The molecule has 0 aromatic heterocycles. The molecule has 2 saturated heterocycles. The normalized spacial score (nSPS) is 25.1. The Bertz CT molecular complexity index is 765. The lowest BCUT2D eigenvalue weighted by atomic mass is 9.83. The average Bonchev–Trinajstić information content (AvgIpc) is 2.61. The molecule has 0 saturated carbocycles. The van der Waals surface area contributed by atoms with Gasteiger partial charge in [-0.1, -0.05) is 26.0 Å². The van der Waals surface area contributed by atoms with Crippen LogP contribution in [0.3, 0.4) is 0 Å². The van der Waals surface area contributed by atoms with Gasteiger partial charge in [0.1, 0.15) is 0 Å². The van der Waals surface area contributed by atoms with E-state index in [0.717, 1.165) is 31.2 Å². The molecule has 0 radical (unpaired) electrons. The number of piperidine rings is 2. The number of rotatable bonds is 4. The number of nitrogens with zero attached hydrogens (tertiary/aromatic N) is 2. The van der Waals surface area contributed by atoms with Gasteiger partial charge in [0, 0.05) is 26.2 Å². The van der Waals surface area contributed by atoms with Crippen molar-refractivity contribution in [3.8, 4) is 0 Å². The van der Waals surface area contributed by atoms with Crippen molar-refractivity contribution in [3.63, 3.8) is 0 Å². The van der Waals surface area contributed by atoms with E-state index in [4.69, 9.17) is 0 Å². The fourth-order valence-electron chi connectivity index (χ4n) is 3.84. The largest absolute Gasteiger partial charge is 0.478 e. The molecule has 7 heteroatoms. The fourth-order valence-corrected chi connectivity index (χ4v) is 5.53. The standard InChI is InChI=1S/C19H28N2O4S/c1-19(2)8-11-20(12-9-19)26(24,25)21-10-4-7-17(14-21)15-5-3-6-16(13-15)18(22)23/h3,5-6,13,17H,4,7-12,14H2,1-2H3,(H,22,23)/t17-/m1/s1. The molecule has 2 fully saturated rings. The lowest BCUT2D eigenvalue weighted by Crippen LogP contribution is -2.50. The van der Waals surface area contributed by atoms with E-state index >= 15 is 0 Å². The van der Waals surface area contributed by atoms with Crippen LogP contribution in [-0.4, -0.2) is 54.3 Å². The summed E-state index contributed by atoms with van der Waals surface area (Å²) in [6.07, 6.45) is 3.43. The first-order valence-corrected chi connectivity index (χ1v) is 10.7. The Balaban J connectivity index is 1.74. The lowest BCUT2D eigenvalue weighted by molar-refractivity contribution is 0.0696. The molecule has 1 aromatic rings. The predicted molar refractivity (Wildman–Crippen MR) is 100 cm³/mol. The summed E-state index contributed by atoms with van der Waals surface area (Å²) < 4.78 is 29.3. The van der Waals surface area contributed by atoms with Crippen LogP contribution in [0.1, 0.15) is 61.4 Å². The van der Waals surface area contributed by atoms with E-state index in [9.17, 15) is 18.3 Å².